The van der Waals surface area contributed by atoms with E-state index in [0.717, 1.165) is 67.7 Å². The van der Waals surface area contributed by atoms with E-state index >= 15 is 0 Å². The molecule has 0 atom stereocenters. The van der Waals surface area contributed by atoms with Crippen molar-refractivity contribution in [3.8, 4) is 85.4 Å². The number of hydrogen-bond acceptors (Lipinski definition) is 10. The van der Waals surface area contributed by atoms with Crippen molar-refractivity contribution in [2.45, 2.75) is 139 Å². The van der Waals surface area contributed by atoms with Gasteiger partial charge in [-0.3, -0.25) is 0 Å². The molecule has 0 amide bonds. The van der Waals surface area contributed by atoms with E-state index < -0.39 is 0 Å². The standard InChI is InChI=1S/C27H26N3S.2C26H26N3S.C25H24N3S.C23H20N3S/c1-18-16-17-23-25(28-26(31-23)19-10-6-7-11-19)24(18)27-29(2)21-14-8-9-15-22(21)30(27)20-12-4-3-5-13-20;1-17-15-16-21-23(27-25(30-21)26(2,3)4)22(17)24-28(5)19-13-9-10-14-20(19)29(24)18-11-7-6-8-12-18;1-17(2)16-23-27-25-22(30-23)15-14-18(3)24(25)26-28(4)20-12-8-9-13-21(20)29(26)19-10-6-5-7-11-19;1-16(2)24-26-23-21(29-24)15-14-17(3)22(23)25-27(4)19-12-8-9-13-20(19)28(25)18-10-6-5-7-11-18;1-15-13-14-20-22(24-16(2)27-20)21(15)23-25(3)18-11-7-8-12-19(18)26(23)17-9-5-4-6-10-17/h3-5,8-9,12-17,19H,6-7,10-11H2,1-2H3;6-16H,1-5H3;5-15,17H,16H2,1-4H3;5-16H,1-4H3;4-14H,1-3H3/q5*+1. The average molecular weight is 2020 g/mol. The quantitative estimate of drug-likeness (QED) is 0.101. The molecule has 0 radical (unpaired) electrons. The number of benzene rings is 15. The van der Waals surface area contributed by atoms with Crippen molar-refractivity contribution in [3.63, 3.8) is 0 Å². The molecular weight excluding hydrogens is 1900 g/mol. The van der Waals surface area contributed by atoms with E-state index in [0.29, 0.717) is 17.8 Å². The molecule has 0 unspecified atom stereocenters. The Bertz CT molecular complexity index is 9270. The second-order valence-electron chi connectivity index (χ2n) is 40.7. The Hall–Kier alpha value is -14.9. The molecule has 15 aromatic carbocycles. The summed E-state index contributed by atoms with van der Waals surface area (Å²) in [5.41, 5.74) is 35.9. The Balaban J connectivity index is 0.000000104. The van der Waals surface area contributed by atoms with Crippen molar-refractivity contribution in [3.05, 3.63) is 387 Å². The summed E-state index contributed by atoms with van der Waals surface area (Å²) in [6, 6.07) is 118. The number of thiazole rings is 5. The van der Waals surface area contributed by atoms with E-state index in [1.54, 1.807) is 22.7 Å². The van der Waals surface area contributed by atoms with Crippen LogP contribution >= 0.6 is 56.7 Å². The van der Waals surface area contributed by atoms with E-state index in [1.165, 1.54) is 209 Å². The van der Waals surface area contributed by atoms with Crippen molar-refractivity contribution >= 4 is 163 Å². The minimum Gasteiger partial charge on any atom is -0.241 e. The van der Waals surface area contributed by atoms with Gasteiger partial charge in [-0.25, -0.2) is 47.8 Å². The third kappa shape index (κ3) is 17.8. The average Bonchev–Trinajstić information content (AvgIpc) is 1.61. The third-order valence-corrected chi connectivity index (χ3v) is 34.6. The van der Waals surface area contributed by atoms with Crippen LogP contribution in [0.3, 0.4) is 0 Å². The van der Waals surface area contributed by atoms with Gasteiger partial charge in [0.2, 0.25) is 0 Å². The summed E-state index contributed by atoms with van der Waals surface area (Å²) in [6.07, 6.45) is 6.26. The van der Waals surface area contributed by atoms with Crippen LogP contribution in [0.1, 0.15) is 139 Å². The molecule has 0 saturated heterocycles. The molecule has 1 fully saturated rings. The van der Waals surface area contributed by atoms with Gasteiger partial charge in [0.05, 0.1) is 139 Å². The Morgan fingerprint density at radius 2 is 0.551 bits per heavy atom. The summed E-state index contributed by atoms with van der Waals surface area (Å²) in [5, 5.41) is 6.01. The third-order valence-electron chi connectivity index (χ3n) is 28.7. The van der Waals surface area contributed by atoms with Crippen LogP contribution in [0.25, 0.3) is 192 Å². The Labute approximate surface area is 878 Å². The summed E-state index contributed by atoms with van der Waals surface area (Å²) in [4.78, 5) is 25.5. The lowest BCUT2D eigenvalue weighted by molar-refractivity contribution is -0.633. The highest BCUT2D eigenvalue weighted by molar-refractivity contribution is 7.20. The molecule has 0 spiro atoms. The number of nitrogens with zero attached hydrogens (tertiary/aromatic N) is 15. The maximum Gasteiger partial charge on any atom is 0.297 e. The second kappa shape index (κ2) is 40.1. The lowest BCUT2D eigenvalue weighted by Gasteiger charge is -2.13. The molecule has 0 aliphatic heterocycles. The number of aryl methyl sites for hydroxylation is 11. The van der Waals surface area contributed by atoms with Crippen molar-refractivity contribution in [1.29, 1.82) is 0 Å². The van der Waals surface area contributed by atoms with Gasteiger partial charge in [0, 0.05) is 23.7 Å². The van der Waals surface area contributed by atoms with E-state index in [2.05, 4.69) is 505 Å². The molecule has 147 heavy (non-hydrogen) atoms. The first-order valence-electron chi connectivity index (χ1n) is 51.1. The first-order chi connectivity index (χ1) is 71.3. The Morgan fingerprint density at radius 1 is 0.286 bits per heavy atom. The predicted molar refractivity (Wildman–Crippen MR) is 616 cm³/mol. The molecule has 0 bridgehead atoms. The molecule has 25 aromatic rings. The van der Waals surface area contributed by atoms with Crippen LogP contribution in [0.2, 0.25) is 0 Å². The van der Waals surface area contributed by atoms with E-state index in [-0.39, 0.29) is 5.41 Å². The molecule has 1 aliphatic carbocycles. The number of rotatable bonds is 14. The van der Waals surface area contributed by atoms with Gasteiger partial charge in [-0.15, -0.1) is 56.7 Å². The maximum absolute atomic E-state index is 5.27. The van der Waals surface area contributed by atoms with Gasteiger partial charge in [-0.05, 0) is 240 Å². The van der Waals surface area contributed by atoms with E-state index in [1.807, 2.05) is 34.0 Å². The van der Waals surface area contributed by atoms with Gasteiger partial charge in [-0.1, -0.05) is 243 Å². The van der Waals surface area contributed by atoms with Gasteiger partial charge in [0.25, 0.3) is 29.1 Å². The first-order valence-corrected chi connectivity index (χ1v) is 55.1. The van der Waals surface area contributed by atoms with Crippen molar-refractivity contribution in [1.82, 2.24) is 47.8 Å². The minimum absolute atomic E-state index is 0.0309. The summed E-state index contributed by atoms with van der Waals surface area (Å²) in [6.45, 7) is 28.7. The highest BCUT2D eigenvalue weighted by atomic mass is 32.1. The van der Waals surface area contributed by atoms with Gasteiger partial charge in [0.1, 0.15) is 28.4 Å². The van der Waals surface area contributed by atoms with Crippen LogP contribution in [0.5, 0.6) is 0 Å². The van der Waals surface area contributed by atoms with Gasteiger partial charge in [-0.2, -0.15) is 22.8 Å². The zero-order valence-electron chi connectivity index (χ0n) is 86.8. The zero-order valence-corrected chi connectivity index (χ0v) is 90.9. The smallest absolute Gasteiger partial charge is 0.241 e. The van der Waals surface area contributed by atoms with Crippen LogP contribution in [-0.2, 0) is 47.1 Å². The number of hydrogen-bond donors (Lipinski definition) is 0. The minimum atomic E-state index is 0.0309. The van der Waals surface area contributed by atoms with Crippen molar-refractivity contribution in [2.75, 3.05) is 0 Å². The normalized spacial score (nSPS) is 12.4. The van der Waals surface area contributed by atoms with Crippen molar-refractivity contribution < 1.29 is 22.8 Å². The number of imidazole rings is 5. The van der Waals surface area contributed by atoms with Crippen LogP contribution in [-0.4, -0.2) is 47.8 Å². The molecule has 1 saturated carbocycles. The van der Waals surface area contributed by atoms with Gasteiger partial charge in [0.15, 0.2) is 55.2 Å². The summed E-state index contributed by atoms with van der Waals surface area (Å²) in [5.74, 6) is 7.52. The fourth-order valence-electron chi connectivity index (χ4n) is 21.6. The largest absolute Gasteiger partial charge is 0.297 e. The topological polar surface area (TPSA) is 108 Å². The predicted octanol–water partition coefficient (Wildman–Crippen LogP) is 30.8. The highest BCUT2D eigenvalue weighted by Gasteiger charge is 2.38. The lowest BCUT2D eigenvalue weighted by atomic mass is 9.98. The molecule has 10 aromatic heterocycles. The van der Waals surface area contributed by atoms with Crippen LogP contribution in [0.15, 0.2) is 334 Å². The molecule has 10 heterocycles. The van der Waals surface area contributed by atoms with Gasteiger partial charge >= 0.3 is 0 Å². The monoisotopic (exact) mass is 2020 g/mol. The van der Waals surface area contributed by atoms with E-state index in [4.69, 9.17) is 24.9 Å². The number of fused-ring (bicyclic) bond motifs is 10. The van der Waals surface area contributed by atoms with Crippen LogP contribution in [0.4, 0.5) is 0 Å². The second-order valence-corrected chi connectivity index (χ2v) is 46.2. The molecule has 20 heteroatoms. The summed E-state index contributed by atoms with van der Waals surface area (Å²) >= 11 is 9.09. The van der Waals surface area contributed by atoms with Crippen molar-refractivity contribution in [2.24, 2.45) is 41.2 Å². The molecule has 1 aliphatic rings. The fraction of sp³-hybridized carbons (Fsp3) is 0.213. The number of aromatic nitrogens is 15. The number of para-hydroxylation sites is 15. The fourth-order valence-corrected chi connectivity index (χ4v) is 26.8. The Kier molecular flexibility index (Phi) is 26.5. The first kappa shape index (κ1) is 96.9. The van der Waals surface area contributed by atoms with Crippen LogP contribution < -0.4 is 22.8 Å². The lowest BCUT2D eigenvalue weighted by Crippen LogP contribution is -2.30. The molecule has 730 valence electrons. The zero-order chi connectivity index (χ0) is 101. The van der Waals surface area contributed by atoms with Gasteiger partial charge < -0.3 is 0 Å². The maximum atomic E-state index is 5.27. The Morgan fingerprint density at radius 3 is 0.864 bits per heavy atom. The molecule has 15 nitrogen and oxygen atoms in total. The SMILES string of the molecule is Cc1ccc2sc(C(C)(C)C)nc2c1-c1n(-c2ccccc2)c2ccccc2[n+]1C.Cc1ccc2sc(C(C)C)nc2c1-c1n(-c2ccccc2)c2ccccc2[n+]1C.Cc1ccc2sc(C3CCCC3)nc2c1-c1n(-c2ccccc2)c2ccccc2[n+]1C.Cc1ccc2sc(CC(C)C)nc2c1-c1n(-c2ccccc2)c2ccccc2[n+]1C.Cc1nc2c(-c3n(-c4ccccc4)c4ccccc4[n+]3C)c(C)ccc2s1. The summed E-state index contributed by atoms with van der Waals surface area (Å²) in [7, 11) is 10.8. The van der Waals surface area contributed by atoms with Crippen LogP contribution in [0, 0.1) is 47.5 Å². The molecule has 26 rings (SSSR count). The molecule has 0 N–H and O–H groups in total. The highest BCUT2D eigenvalue weighted by Crippen LogP contribution is 2.47. The van der Waals surface area contributed by atoms with E-state index in [9.17, 15) is 0 Å². The molecular formula is C127H122N15S5+5. The summed E-state index contributed by atoms with van der Waals surface area (Å²) < 4.78 is 29.7.